The molecule has 8 atom stereocenters. The Balaban J connectivity index is 1.43. The Morgan fingerprint density at radius 1 is 1.06 bits per heavy atom. The lowest BCUT2D eigenvalue weighted by atomic mass is 9.47. The van der Waals surface area contributed by atoms with Gasteiger partial charge in [-0.1, -0.05) is 72.5 Å². The van der Waals surface area contributed by atoms with Crippen molar-refractivity contribution in [3.63, 3.8) is 0 Å². The van der Waals surface area contributed by atoms with E-state index in [1.165, 1.54) is 57.8 Å². The first-order valence-corrected chi connectivity index (χ1v) is 14.6. The second-order valence-electron chi connectivity index (χ2n) is 13.4. The van der Waals surface area contributed by atoms with Crippen LogP contribution in [-0.2, 0) is 9.53 Å². The van der Waals surface area contributed by atoms with Gasteiger partial charge in [-0.3, -0.25) is 4.79 Å². The fraction of sp³-hybridized carbons (Fsp3) is 0.903. The Bertz CT molecular complexity index is 722. The lowest BCUT2D eigenvalue weighted by Crippen LogP contribution is -2.51. The van der Waals surface area contributed by atoms with Crippen molar-refractivity contribution in [2.45, 2.75) is 131 Å². The van der Waals surface area contributed by atoms with Gasteiger partial charge >= 0.3 is 5.97 Å². The molecule has 0 bridgehead atoms. The van der Waals surface area contributed by atoms with Gasteiger partial charge < -0.3 is 4.74 Å². The van der Waals surface area contributed by atoms with Crippen LogP contribution >= 0.6 is 0 Å². The molecular formula is C31H52O2. The predicted octanol–water partition coefficient (Wildman–Crippen LogP) is 8.74. The summed E-state index contributed by atoms with van der Waals surface area (Å²) in [4.78, 5) is 12.1. The Labute approximate surface area is 204 Å². The van der Waals surface area contributed by atoms with Crippen LogP contribution in [0.25, 0.3) is 0 Å². The summed E-state index contributed by atoms with van der Waals surface area (Å²) in [7, 11) is 0. The minimum atomic E-state index is 0.00772. The highest BCUT2D eigenvalue weighted by Crippen LogP contribution is 2.67. The molecule has 4 aliphatic carbocycles. The second kappa shape index (κ2) is 10.1. The average Bonchev–Trinajstić information content (AvgIpc) is 3.11. The molecule has 2 nitrogen and oxygen atoms in total. The minimum absolute atomic E-state index is 0.00772. The molecule has 0 aromatic heterocycles. The molecule has 4 rings (SSSR count). The van der Waals surface area contributed by atoms with Crippen LogP contribution < -0.4 is 0 Å². The quantitative estimate of drug-likeness (QED) is 0.269. The van der Waals surface area contributed by atoms with Crippen LogP contribution in [0.2, 0.25) is 0 Å². The molecule has 0 aliphatic heterocycles. The highest BCUT2D eigenvalue weighted by atomic mass is 16.5. The van der Waals surface area contributed by atoms with Crippen molar-refractivity contribution in [2.24, 2.45) is 46.3 Å². The summed E-state index contributed by atoms with van der Waals surface area (Å²) in [5.41, 5.74) is 2.54. The van der Waals surface area contributed by atoms with Crippen molar-refractivity contribution >= 4 is 5.97 Å². The Morgan fingerprint density at radius 3 is 2.58 bits per heavy atom. The normalized spacial score (nSPS) is 41.1. The monoisotopic (exact) mass is 456 g/mol. The van der Waals surface area contributed by atoms with Crippen LogP contribution in [0.4, 0.5) is 0 Å². The van der Waals surface area contributed by atoms with Crippen molar-refractivity contribution in [3.8, 4) is 0 Å². The molecular weight excluding hydrogens is 404 g/mol. The van der Waals surface area contributed by atoms with E-state index in [2.05, 4.69) is 47.6 Å². The van der Waals surface area contributed by atoms with Crippen LogP contribution in [0.1, 0.15) is 125 Å². The van der Waals surface area contributed by atoms with E-state index in [9.17, 15) is 4.79 Å². The molecule has 4 aliphatic rings. The first kappa shape index (κ1) is 25.3. The molecule has 0 aromatic carbocycles. The largest absolute Gasteiger partial charge is 0.462 e. The number of hydrogen-bond donors (Lipinski definition) is 0. The van der Waals surface area contributed by atoms with E-state index in [0.717, 1.165) is 54.8 Å². The SMILES string of the molecule is CCCC(=O)O[C@H]1CC[C@@]2(C)C(=CC[C@H]3[C@H]4CC[C@H]([C@H](C)CCCC(C)C)[C@@]4(C)CC[C@H]32)C1. The van der Waals surface area contributed by atoms with Crippen LogP contribution in [0.5, 0.6) is 0 Å². The van der Waals surface area contributed by atoms with E-state index in [1.807, 2.05) is 0 Å². The fourth-order valence-electron chi connectivity index (χ4n) is 9.20. The Kier molecular flexibility index (Phi) is 7.72. The van der Waals surface area contributed by atoms with E-state index in [0.29, 0.717) is 17.3 Å². The summed E-state index contributed by atoms with van der Waals surface area (Å²) in [5, 5.41) is 0. The Morgan fingerprint density at radius 2 is 1.85 bits per heavy atom. The topological polar surface area (TPSA) is 26.3 Å². The standard InChI is InChI=1S/C31H52O2/c1-7-9-29(32)33-24-16-18-30(5)23(20-24)12-13-25-27-15-14-26(22(4)11-8-10-21(2)3)31(27,6)19-17-28(25)30/h12,21-22,24-28H,7-11,13-20H2,1-6H3/t22-,24+,25+,26-,27-,28-,30+,31-/m1/s1. The predicted molar refractivity (Wildman–Crippen MR) is 138 cm³/mol. The maximum atomic E-state index is 12.1. The third-order valence-corrected chi connectivity index (χ3v) is 11.0. The van der Waals surface area contributed by atoms with Crippen molar-refractivity contribution in [1.82, 2.24) is 0 Å². The van der Waals surface area contributed by atoms with Crippen molar-refractivity contribution in [3.05, 3.63) is 11.6 Å². The number of rotatable bonds is 8. The summed E-state index contributed by atoms with van der Waals surface area (Å²) >= 11 is 0. The first-order chi connectivity index (χ1) is 15.7. The number of carbonyl (C=O) groups excluding carboxylic acids is 1. The van der Waals surface area contributed by atoms with Crippen LogP contribution in [0.15, 0.2) is 11.6 Å². The maximum absolute atomic E-state index is 12.1. The highest BCUT2D eigenvalue weighted by molar-refractivity contribution is 5.69. The lowest BCUT2D eigenvalue weighted by Gasteiger charge is -2.58. The molecule has 0 saturated heterocycles. The van der Waals surface area contributed by atoms with Gasteiger partial charge in [0.2, 0.25) is 0 Å². The third-order valence-electron chi connectivity index (χ3n) is 11.0. The van der Waals surface area contributed by atoms with Gasteiger partial charge in [-0.05, 0) is 97.7 Å². The number of hydrogen-bond acceptors (Lipinski definition) is 2. The summed E-state index contributed by atoms with van der Waals surface area (Å²) < 4.78 is 5.85. The maximum Gasteiger partial charge on any atom is 0.306 e. The molecule has 0 spiro atoms. The molecule has 2 heteroatoms. The number of carbonyl (C=O) groups is 1. The zero-order chi connectivity index (χ0) is 23.8. The number of ether oxygens (including phenoxy) is 1. The van der Waals surface area contributed by atoms with Gasteiger partial charge in [-0.15, -0.1) is 0 Å². The third kappa shape index (κ3) is 4.84. The number of esters is 1. The average molecular weight is 457 g/mol. The van der Waals surface area contributed by atoms with Gasteiger partial charge in [0.15, 0.2) is 0 Å². The summed E-state index contributed by atoms with van der Waals surface area (Å²) in [5.74, 6) is 5.31. The zero-order valence-corrected chi connectivity index (χ0v) is 22.6. The number of allylic oxidation sites excluding steroid dienone is 1. The van der Waals surface area contributed by atoms with Crippen molar-refractivity contribution < 1.29 is 9.53 Å². The molecule has 33 heavy (non-hydrogen) atoms. The van der Waals surface area contributed by atoms with E-state index in [-0.39, 0.29) is 12.1 Å². The van der Waals surface area contributed by atoms with Gasteiger partial charge in [-0.25, -0.2) is 0 Å². The smallest absolute Gasteiger partial charge is 0.306 e. The van der Waals surface area contributed by atoms with Gasteiger partial charge in [0.25, 0.3) is 0 Å². The molecule has 0 heterocycles. The fourth-order valence-corrected chi connectivity index (χ4v) is 9.20. The van der Waals surface area contributed by atoms with E-state index in [4.69, 9.17) is 4.74 Å². The van der Waals surface area contributed by atoms with Crippen molar-refractivity contribution in [1.29, 1.82) is 0 Å². The van der Waals surface area contributed by atoms with Crippen LogP contribution in [0, 0.1) is 46.3 Å². The minimum Gasteiger partial charge on any atom is -0.462 e. The van der Waals surface area contributed by atoms with E-state index in [1.54, 1.807) is 5.57 Å². The summed E-state index contributed by atoms with van der Waals surface area (Å²) in [6.07, 6.45) is 18.8. The Hall–Kier alpha value is -0.790. The van der Waals surface area contributed by atoms with Gasteiger partial charge in [0.05, 0.1) is 0 Å². The molecule has 0 aromatic rings. The zero-order valence-electron chi connectivity index (χ0n) is 22.6. The highest BCUT2D eigenvalue weighted by Gasteiger charge is 2.59. The molecule has 0 N–H and O–H groups in total. The van der Waals surface area contributed by atoms with E-state index >= 15 is 0 Å². The van der Waals surface area contributed by atoms with Gasteiger partial charge in [-0.2, -0.15) is 0 Å². The molecule has 0 unspecified atom stereocenters. The lowest BCUT2D eigenvalue weighted by molar-refractivity contribution is -0.151. The summed E-state index contributed by atoms with van der Waals surface area (Å²) in [6.45, 7) is 14.6. The second-order valence-corrected chi connectivity index (χ2v) is 13.4. The molecule has 0 radical (unpaired) electrons. The van der Waals surface area contributed by atoms with Crippen LogP contribution in [-0.4, -0.2) is 12.1 Å². The van der Waals surface area contributed by atoms with Gasteiger partial charge in [0, 0.05) is 12.8 Å². The van der Waals surface area contributed by atoms with Gasteiger partial charge in [0.1, 0.15) is 6.10 Å². The molecule has 3 fully saturated rings. The summed E-state index contributed by atoms with van der Waals surface area (Å²) in [6, 6.07) is 0. The van der Waals surface area contributed by atoms with Crippen molar-refractivity contribution in [2.75, 3.05) is 0 Å². The van der Waals surface area contributed by atoms with E-state index < -0.39 is 0 Å². The first-order valence-electron chi connectivity index (χ1n) is 14.6. The molecule has 0 amide bonds. The number of fused-ring (bicyclic) bond motifs is 5. The van der Waals surface area contributed by atoms with Crippen LogP contribution in [0.3, 0.4) is 0 Å². The molecule has 3 saturated carbocycles. The molecule has 188 valence electrons.